The lowest BCUT2D eigenvalue weighted by molar-refractivity contribution is 0.0597. The van der Waals surface area contributed by atoms with Gasteiger partial charge in [-0.25, -0.2) is 9.59 Å². The first kappa shape index (κ1) is 14.0. The summed E-state index contributed by atoms with van der Waals surface area (Å²) >= 11 is 0. The number of nitrogens with two attached hydrogens (primary N) is 1. The number of benzene rings is 1. The second-order valence-corrected chi connectivity index (χ2v) is 4.28. The molecule has 0 saturated carbocycles. The van der Waals surface area contributed by atoms with Crippen molar-refractivity contribution in [3.63, 3.8) is 0 Å². The van der Waals surface area contributed by atoms with E-state index >= 15 is 0 Å². The summed E-state index contributed by atoms with van der Waals surface area (Å²) in [5.74, 6) is -0.187. The first-order valence-corrected chi connectivity index (χ1v) is 6.26. The minimum atomic E-state index is -0.544. The van der Waals surface area contributed by atoms with Crippen LogP contribution in [0.5, 0.6) is 5.75 Å². The molecule has 1 heterocycles. The number of nitrogens with zero attached hydrogens (tertiary/aromatic N) is 1. The Morgan fingerprint density at radius 2 is 2.30 bits per heavy atom. The fraction of sp³-hybridized carbons (Fsp3) is 0.385. The number of esters is 1. The summed E-state index contributed by atoms with van der Waals surface area (Å²) < 4.78 is 10.2. The first-order valence-electron chi connectivity index (χ1n) is 6.26. The van der Waals surface area contributed by atoms with Crippen LogP contribution in [0.4, 0.5) is 10.5 Å². The Morgan fingerprint density at radius 1 is 1.50 bits per heavy atom. The zero-order chi connectivity index (χ0) is 14.5. The zero-order valence-electron chi connectivity index (χ0n) is 11.2. The van der Waals surface area contributed by atoms with Crippen LogP contribution >= 0.6 is 0 Å². The Labute approximate surface area is 116 Å². The zero-order valence-corrected chi connectivity index (χ0v) is 11.2. The summed E-state index contributed by atoms with van der Waals surface area (Å²) in [7, 11) is 1.28. The Bertz CT molecular complexity index is 518. The van der Waals surface area contributed by atoms with E-state index in [0.717, 1.165) is 0 Å². The molecule has 2 rings (SSSR count). The van der Waals surface area contributed by atoms with Crippen molar-refractivity contribution >= 4 is 17.7 Å². The monoisotopic (exact) mass is 279 g/mol. The lowest BCUT2D eigenvalue weighted by Crippen LogP contribution is -2.32. The maximum atomic E-state index is 11.7. The van der Waals surface area contributed by atoms with Crippen molar-refractivity contribution in [1.29, 1.82) is 0 Å². The quantitative estimate of drug-likeness (QED) is 0.603. The molecule has 0 radical (unpaired) electrons. The third-order valence-corrected chi connectivity index (χ3v) is 3.01. The number of methoxy groups -OCH3 is 1. The highest BCUT2D eigenvalue weighted by Gasteiger charge is 2.20. The third-order valence-electron chi connectivity index (χ3n) is 3.01. The molecule has 0 unspecified atom stereocenters. The summed E-state index contributed by atoms with van der Waals surface area (Å²) in [6.07, 6.45) is 0. The molecule has 0 aromatic heterocycles. The molecule has 0 aliphatic carbocycles. The average molecular weight is 279 g/mol. The molecule has 7 nitrogen and oxygen atoms in total. The van der Waals surface area contributed by atoms with Crippen LogP contribution in [-0.4, -0.2) is 50.3 Å². The van der Waals surface area contributed by atoms with E-state index in [2.05, 4.69) is 10.1 Å². The summed E-state index contributed by atoms with van der Waals surface area (Å²) in [5.41, 5.74) is 6.27. The van der Waals surface area contributed by atoms with E-state index in [1.54, 1.807) is 23.1 Å². The number of urea groups is 1. The van der Waals surface area contributed by atoms with Crippen molar-refractivity contribution in [3.8, 4) is 5.75 Å². The molecule has 0 bridgehead atoms. The maximum Gasteiger partial charge on any atom is 0.343 e. The number of nitrogen functional groups attached to an aromatic ring is 1. The molecule has 0 atom stereocenters. The number of hydrogen-bond donors (Lipinski definition) is 2. The van der Waals surface area contributed by atoms with Crippen LogP contribution in [0.3, 0.4) is 0 Å². The predicted octanol–water partition coefficient (Wildman–Crippen LogP) is 0.459. The summed E-state index contributed by atoms with van der Waals surface area (Å²) in [6.45, 7) is 2.02. The van der Waals surface area contributed by atoms with E-state index in [1.807, 2.05) is 0 Å². The average Bonchev–Trinajstić information content (AvgIpc) is 2.84. The van der Waals surface area contributed by atoms with Crippen LogP contribution in [0.15, 0.2) is 18.2 Å². The largest absolute Gasteiger partial charge is 0.491 e. The second kappa shape index (κ2) is 6.14. The highest BCUT2D eigenvalue weighted by molar-refractivity contribution is 5.98. The first-order chi connectivity index (χ1) is 9.63. The van der Waals surface area contributed by atoms with Crippen molar-refractivity contribution in [2.45, 2.75) is 0 Å². The van der Waals surface area contributed by atoms with Crippen molar-refractivity contribution in [2.75, 3.05) is 39.1 Å². The van der Waals surface area contributed by atoms with Crippen LogP contribution in [0.1, 0.15) is 10.4 Å². The number of ether oxygens (including phenoxy) is 2. The Balaban J connectivity index is 2.00. The van der Waals surface area contributed by atoms with Gasteiger partial charge < -0.3 is 25.4 Å². The predicted molar refractivity (Wildman–Crippen MR) is 72.7 cm³/mol. The summed E-state index contributed by atoms with van der Waals surface area (Å²) in [4.78, 5) is 24.7. The van der Waals surface area contributed by atoms with Gasteiger partial charge in [0.2, 0.25) is 0 Å². The standard InChI is InChI=1S/C13H17N3O4/c1-19-12(17)11-9(14)3-2-4-10(11)20-8-7-16-6-5-15-13(16)18/h2-4H,5-8,14H2,1H3,(H,15,18). The van der Waals surface area contributed by atoms with Gasteiger partial charge in [-0.2, -0.15) is 0 Å². The van der Waals surface area contributed by atoms with Crippen LogP contribution in [0.2, 0.25) is 0 Å². The molecule has 108 valence electrons. The fourth-order valence-electron chi connectivity index (χ4n) is 1.98. The molecule has 1 aliphatic rings. The second-order valence-electron chi connectivity index (χ2n) is 4.28. The van der Waals surface area contributed by atoms with E-state index in [4.69, 9.17) is 10.5 Å². The number of rotatable bonds is 5. The van der Waals surface area contributed by atoms with Gasteiger partial charge in [-0.05, 0) is 12.1 Å². The van der Waals surface area contributed by atoms with Crippen LogP contribution in [0, 0.1) is 0 Å². The van der Waals surface area contributed by atoms with Gasteiger partial charge in [-0.1, -0.05) is 6.07 Å². The molecule has 1 aliphatic heterocycles. The summed E-state index contributed by atoms with van der Waals surface area (Å²) in [5, 5.41) is 2.70. The van der Waals surface area contributed by atoms with Gasteiger partial charge in [0, 0.05) is 18.8 Å². The van der Waals surface area contributed by atoms with Crippen LogP contribution in [0.25, 0.3) is 0 Å². The Morgan fingerprint density at radius 3 is 2.95 bits per heavy atom. The van der Waals surface area contributed by atoms with Crippen molar-refractivity contribution in [3.05, 3.63) is 23.8 Å². The maximum absolute atomic E-state index is 11.7. The minimum absolute atomic E-state index is 0.102. The van der Waals surface area contributed by atoms with E-state index in [9.17, 15) is 9.59 Å². The molecular weight excluding hydrogens is 262 g/mol. The molecule has 0 spiro atoms. The van der Waals surface area contributed by atoms with Gasteiger partial charge in [0.25, 0.3) is 0 Å². The topological polar surface area (TPSA) is 93.9 Å². The van der Waals surface area contributed by atoms with Crippen LogP contribution in [-0.2, 0) is 4.74 Å². The number of carbonyl (C=O) groups excluding carboxylic acids is 2. The van der Waals surface area contributed by atoms with Crippen LogP contribution < -0.4 is 15.8 Å². The molecule has 7 heteroatoms. The molecule has 1 aromatic carbocycles. The molecule has 20 heavy (non-hydrogen) atoms. The number of anilines is 1. The molecule has 1 aromatic rings. The third kappa shape index (κ3) is 2.93. The van der Waals surface area contributed by atoms with Crippen molar-refractivity contribution in [2.24, 2.45) is 0 Å². The number of amides is 2. The van der Waals surface area contributed by atoms with Gasteiger partial charge in [0.05, 0.1) is 13.7 Å². The molecule has 1 saturated heterocycles. The SMILES string of the molecule is COC(=O)c1c(N)cccc1OCCN1CCNC1=O. The van der Waals surface area contributed by atoms with Gasteiger partial charge in [-0.15, -0.1) is 0 Å². The minimum Gasteiger partial charge on any atom is -0.491 e. The lowest BCUT2D eigenvalue weighted by Gasteiger charge is -2.16. The Kier molecular flexibility index (Phi) is 4.29. The Hall–Kier alpha value is -2.44. The molecule has 3 N–H and O–H groups in total. The van der Waals surface area contributed by atoms with Crippen molar-refractivity contribution in [1.82, 2.24) is 10.2 Å². The smallest absolute Gasteiger partial charge is 0.343 e. The van der Waals surface area contributed by atoms with E-state index in [-0.39, 0.29) is 18.2 Å². The van der Waals surface area contributed by atoms with E-state index < -0.39 is 5.97 Å². The number of carbonyl (C=O) groups is 2. The van der Waals surface area contributed by atoms with E-state index in [1.165, 1.54) is 7.11 Å². The molecule has 1 fully saturated rings. The highest BCUT2D eigenvalue weighted by atomic mass is 16.5. The number of hydrogen-bond acceptors (Lipinski definition) is 5. The fourth-order valence-corrected chi connectivity index (χ4v) is 1.98. The van der Waals surface area contributed by atoms with E-state index in [0.29, 0.717) is 31.1 Å². The molecular formula is C13H17N3O4. The normalized spacial score (nSPS) is 14.1. The van der Waals surface area contributed by atoms with Gasteiger partial charge in [0.1, 0.15) is 17.9 Å². The van der Waals surface area contributed by atoms with Gasteiger partial charge in [0.15, 0.2) is 0 Å². The highest BCUT2D eigenvalue weighted by Crippen LogP contribution is 2.25. The lowest BCUT2D eigenvalue weighted by atomic mass is 10.1. The van der Waals surface area contributed by atoms with Gasteiger partial charge in [-0.3, -0.25) is 0 Å². The summed E-state index contributed by atoms with van der Waals surface area (Å²) in [6, 6.07) is 4.84. The molecule has 2 amide bonds. The van der Waals surface area contributed by atoms with Gasteiger partial charge >= 0.3 is 12.0 Å². The number of nitrogens with one attached hydrogen (secondary N) is 1. The van der Waals surface area contributed by atoms with Crippen molar-refractivity contribution < 1.29 is 19.1 Å².